The van der Waals surface area contributed by atoms with Gasteiger partial charge in [-0.15, -0.1) is 0 Å². The minimum absolute atomic E-state index is 1.22. The number of benzene rings is 2. The van der Waals surface area contributed by atoms with Crippen LogP contribution in [0.5, 0.6) is 0 Å². The van der Waals surface area contributed by atoms with E-state index in [0.29, 0.717) is 0 Å². The van der Waals surface area contributed by atoms with E-state index in [2.05, 4.69) is 97.1 Å². The normalized spacial score (nSPS) is 19.6. The maximum atomic E-state index is 2.18. The molecule has 0 atom stereocenters. The Balaban J connectivity index is 2.05. The molecule has 0 nitrogen and oxygen atoms in total. The van der Waals surface area contributed by atoms with Crippen molar-refractivity contribution in [2.45, 2.75) is 0 Å². The van der Waals surface area contributed by atoms with Crippen LogP contribution in [0.4, 0.5) is 0 Å². The smallest absolute Gasteiger partial charge is 0.0184 e. The van der Waals surface area contributed by atoms with Crippen molar-refractivity contribution in [1.82, 2.24) is 0 Å². The molecule has 0 saturated heterocycles. The van der Waals surface area contributed by atoms with Gasteiger partial charge in [-0.1, -0.05) is 91.1 Å². The first kappa shape index (κ1) is 12.4. The van der Waals surface area contributed by atoms with Gasteiger partial charge in [0.05, 0.1) is 0 Å². The van der Waals surface area contributed by atoms with Crippen molar-refractivity contribution in [3.8, 4) is 0 Å². The molecule has 1 aliphatic carbocycles. The second-order valence-electron chi connectivity index (χ2n) is 4.74. The lowest BCUT2D eigenvalue weighted by atomic mass is 10.1. The van der Waals surface area contributed by atoms with Crippen molar-refractivity contribution < 1.29 is 0 Å². The molecule has 0 fully saturated rings. The van der Waals surface area contributed by atoms with E-state index in [1.54, 1.807) is 0 Å². The third kappa shape index (κ3) is 3.04. The molecular formula is C20H16. The van der Waals surface area contributed by atoms with Crippen LogP contribution in [0.15, 0.2) is 72.8 Å². The van der Waals surface area contributed by atoms with E-state index in [-0.39, 0.29) is 0 Å². The molecule has 0 saturated carbocycles. The summed E-state index contributed by atoms with van der Waals surface area (Å²) in [6.07, 6.45) is 16.9. The van der Waals surface area contributed by atoms with Gasteiger partial charge in [-0.2, -0.15) is 0 Å². The van der Waals surface area contributed by atoms with E-state index in [4.69, 9.17) is 0 Å². The number of hydrogen-bond donors (Lipinski definition) is 0. The summed E-state index contributed by atoms with van der Waals surface area (Å²) in [6, 6.07) is 16.9. The Morgan fingerprint density at radius 2 is 0.950 bits per heavy atom. The van der Waals surface area contributed by atoms with Crippen molar-refractivity contribution in [2.75, 3.05) is 0 Å². The van der Waals surface area contributed by atoms with Crippen molar-refractivity contribution in [1.29, 1.82) is 0 Å². The Labute approximate surface area is 120 Å². The van der Waals surface area contributed by atoms with Crippen LogP contribution in [0, 0.1) is 0 Å². The fraction of sp³-hybridized carbons (Fsp3) is 0. The van der Waals surface area contributed by atoms with E-state index < -0.39 is 0 Å². The molecule has 96 valence electrons. The van der Waals surface area contributed by atoms with Gasteiger partial charge in [0, 0.05) is 0 Å². The summed E-state index contributed by atoms with van der Waals surface area (Å²) < 4.78 is 0. The average molecular weight is 256 g/mol. The molecule has 0 spiro atoms. The van der Waals surface area contributed by atoms with Gasteiger partial charge < -0.3 is 0 Å². The van der Waals surface area contributed by atoms with Crippen LogP contribution in [-0.4, -0.2) is 0 Å². The van der Waals surface area contributed by atoms with Crippen LogP contribution in [0.2, 0.25) is 0 Å². The fourth-order valence-electron chi connectivity index (χ4n) is 2.23. The van der Waals surface area contributed by atoms with Gasteiger partial charge in [0.15, 0.2) is 0 Å². The second kappa shape index (κ2) is 6.03. The number of allylic oxidation sites excluding steroid dienone is 4. The Bertz CT molecular complexity index is 654. The van der Waals surface area contributed by atoms with E-state index in [1.807, 2.05) is 0 Å². The molecule has 0 heterocycles. The number of hydrogen-bond acceptors (Lipinski definition) is 0. The molecule has 0 aliphatic heterocycles. The van der Waals surface area contributed by atoms with Gasteiger partial charge in [0.2, 0.25) is 0 Å². The first-order chi connectivity index (χ1) is 9.92. The third-order valence-electron chi connectivity index (χ3n) is 3.26. The highest BCUT2D eigenvalue weighted by molar-refractivity contribution is 5.69. The summed E-state index contributed by atoms with van der Waals surface area (Å²) in [5, 5.41) is 0. The van der Waals surface area contributed by atoms with Crippen LogP contribution in [0.25, 0.3) is 24.3 Å². The van der Waals surface area contributed by atoms with Crippen LogP contribution < -0.4 is 0 Å². The number of rotatable bonds is 0. The van der Waals surface area contributed by atoms with Crippen molar-refractivity contribution in [2.24, 2.45) is 0 Å². The topological polar surface area (TPSA) is 0 Å². The molecule has 20 heavy (non-hydrogen) atoms. The molecule has 0 heteroatoms. The zero-order chi connectivity index (χ0) is 13.6. The molecule has 0 N–H and O–H groups in total. The first-order valence-electron chi connectivity index (χ1n) is 6.80. The van der Waals surface area contributed by atoms with E-state index in [1.165, 1.54) is 22.3 Å². The molecule has 0 amide bonds. The molecule has 2 aromatic carbocycles. The van der Waals surface area contributed by atoms with Gasteiger partial charge in [0.25, 0.3) is 0 Å². The quantitative estimate of drug-likeness (QED) is 0.587. The SMILES string of the molecule is C1=C\c2cccc(c2)/C=C\C=C/c2ccccc2\C=C/1. The van der Waals surface area contributed by atoms with Crippen molar-refractivity contribution in [3.63, 3.8) is 0 Å². The highest BCUT2D eigenvalue weighted by Crippen LogP contribution is 2.15. The van der Waals surface area contributed by atoms with Crippen LogP contribution >= 0.6 is 0 Å². The summed E-state index contributed by atoms with van der Waals surface area (Å²) >= 11 is 0. The molecule has 0 radical (unpaired) electrons. The third-order valence-corrected chi connectivity index (χ3v) is 3.26. The molecule has 2 aromatic rings. The predicted molar refractivity (Wildman–Crippen MR) is 89.0 cm³/mol. The van der Waals surface area contributed by atoms with Crippen molar-refractivity contribution >= 4 is 24.3 Å². The highest BCUT2D eigenvalue weighted by Gasteiger charge is 1.93. The summed E-state index contributed by atoms with van der Waals surface area (Å²) in [5.74, 6) is 0. The zero-order valence-corrected chi connectivity index (χ0v) is 11.2. The fourth-order valence-corrected chi connectivity index (χ4v) is 2.23. The molecular weight excluding hydrogens is 240 g/mol. The van der Waals surface area contributed by atoms with Gasteiger partial charge in [0.1, 0.15) is 0 Å². The number of fused-ring (bicyclic) bond motifs is 3. The van der Waals surface area contributed by atoms with Crippen LogP contribution in [-0.2, 0) is 0 Å². The second-order valence-corrected chi connectivity index (χ2v) is 4.74. The van der Waals surface area contributed by atoms with Gasteiger partial charge in [-0.25, -0.2) is 0 Å². The molecule has 0 unspecified atom stereocenters. The average Bonchev–Trinajstić information content (AvgIpc) is 2.50. The standard InChI is InChI=1S/C20H16/c1-3-12-19-14-5-6-15-20(19)13-4-2-9-18-11-7-10-17(8-1)16-18/h1-16H/b8-1-,9-2-,12-3-,13-4-. The summed E-state index contributed by atoms with van der Waals surface area (Å²) in [4.78, 5) is 0. The maximum Gasteiger partial charge on any atom is -0.0184 e. The van der Waals surface area contributed by atoms with E-state index in [0.717, 1.165) is 0 Å². The minimum Gasteiger partial charge on any atom is -0.0617 e. The minimum atomic E-state index is 1.22. The summed E-state index contributed by atoms with van der Waals surface area (Å²) in [6.45, 7) is 0. The van der Waals surface area contributed by atoms with Gasteiger partial charge >= 0.3 is 0 Å². The Morgan fingerprint density at radius 1 is 0.450 bits per heavy atom. The zero-order valence-electron chi connectivity index (χ0n) is 11.2. The van der Waals surface area contributed by atoms with Crippen molar-refractivity contribution in [3.05, 3.63) is 95.1 Å². The lowest BCUT2D eigenvalue weighted by molar-refractivity contribution is 1.61. The Morgan fingerprint density at radius 3 is 1.50 bits per heavy atom. The van der Waals surface area contributed by atoms with Crippen LogP contribution in [0.1, 0.15) is 22.3 Å². The summed E-state index contributed by atoms with van der Waals surface area (Å²) in [7, 11) is 0. The molecule has 1 aliphatic rings. The lowest BCUT2D eigenvalue weighted by Gasteiger charge is -1.98. The Hall–Kier alpha value is -2.60. The van der Waals surface area contributed by atoms with Crippen LogP contribution in [0.3, 0.4) is 0 Å². The molecule has 2 bridgehead atoms. The maximum absolute atomic E-state index is 2.18. The lowest BCUT2D eigenvalue weighted by Crippen LogP contribution is -1.78. The largest absolute Gasteiger partial charge is 0.0617 e. The van der Waals surface area contributed by atoms with Gasteiger partial charge in [-0.05, 0) is 28.3 Å². The van der Waals surface area contributed by atoms with Gasteiger partial charge in [-0.3, -0.25) is 0 Å². The predicted octanol–water partition coefficient (Wildman–Crippen LogP) is 5.45. The first-order valence-corrected chi connectivity index (χ1v) is 6.80. The summed E-state index contributed by atoms with van der Waals surface area (Å²) in [5.41, 5.74) is 4.89. The highest BCUT2D eigenvalue weighted by atomic mass is 14.0. The molecule has 0 aromatic heterocycles. The van der Waals surface area contributed by atoms with E-state index >= 15 is 0 Å². The molecule has 3 rings (SSSR count). The van der Waals surface area contributed by atoms with E-state index in [9.17, 15) is 0 Å². The monoisotopic (exact) mass is 256 g/mol. The Kier molecular flexibility index (Phi) is 3.75.